The van der Waals surface area contributed by atoms with Crippen LogP contribution in [-0.4, -0.2) is 51.6 Å². The highest BCUT2D eigenvalue weighted by molar-refractivity contribution is 6.18. The Morgan fingerprint density at radius 1 is 1.11 bits per heavy atom. The van der Waals surface area contributed by atoms with Crippen LogP contribution in [0.2, 0.25) is 0 Å². The van der Waals surface area contributed by atoms with Crippen molar-refractivity contribution >= 4 is 17.7 Å². The Labute approximate surface area is 204 Å². The number of fused-ring (bicyclic) bond motifs is 3. The fraction of sp³-hybridized carbons (Fsp3) is 0.320. The fourth-order valence-electron chi connectivity index (χ4n) is 4.54. The average molecular weight is 501 g/mol. The van der Waals surface area contributed by atoms with Gasteiger partial charge in [-0.3, -0.25) is 14.6 Å². The first-order chi connectivity index (χ1) is 17.1. The van der Waals surface area contributed by atoms with Crippen molar-refractivity contribution in [2.24, 2.45) is 4.99 Å². The van der Waals surface area contributed by atoms with Crippen molar-refractivity contribution in [3.8, 4) is 17.1 Å². The van der Waals surface area contributed by atoms with Gasteiger partial charge in [0.25, 0.3) is 5.91 Å². The Morgan fingerprint density at radius 2 is 1.83 bits per heavy atom. The summed E-state index contributed by atoms with van der Waals surface area (Å²) >= 11 is 0. The number of amides is 1. The molecule has 3 aromatic rings. The molecule has 0 aliphatic carbocycles. The van der Waals surface area contributed by atoms with Gasteiger partial charge in [-0.1, -0.05) is 6.07 Å². The van der Waals surface area contributed by atoms with Crippen LogP contribution in [0.5, 0.6) is 5.75 Å². The number of alkyl halides is 2. The number of aliphatic imine (C=N–C) groups is 1. The molecule has 1 amide bonds. The van der Waals surface area contributed by atoms with Crippen LogP contribution in [0.25, 0.3) is 11.4 Å². The van der Waals surface area contributed by atoms with Gasteiger partial charge in [0, 0.05) is 23.7 Å². The molecule has 0 spiro atoms. The van der Waals surface area contributed by atoms with Gasteiger partial charge >= 0.3 is 6.61 Å². The quantitative estimate of drug-likeness (QED) is 0.451. The molecule has 0 bridgehead atoms. The van der Waals surface area contributed by atoms with Crippen molar-refractivity contribution in [1.29, 1.82) is 0 Å². The number of benzene rings is 2. The van der Waals surface area contributed by atoms with E-state index < -0.39 is 23.8 Å². The number of ether oxygens (including phenoxy) is 1. The number of guanidine groups is 1. The van der Waals surface area contributed by atoms with E-state index in [1.165, 1.54) is 35.2 Å². The molecule has 0 unspecified atom stereocenters. The zero-order chi connectivity index (χ0) is 25.8. The molecule has 2 aromatic carbocycles. The Morgan fingerprint density at radius 3 is 2.47 bits per heavy atom. The second-order valence-corrected chi connectivity index (χ2v) is 9.19. The number of halogens is 4. The lowest BCUT2D eigenvalue weighted by Gasteiger charge is -2.34. The van der Waals surface area contributed by atoms with E-state index in [-0.39, 0.29) is 29.5 Å². The van der Waals surface area contributed by atoms with E-state index in [1.54, 1.807) is 4.57 Å². The van der Waals surface area contributed by atoms with Crippen LogP contribution in [0.1, 0.15) is 36.8 Å². The highest BCUT2D eigenvalue weighted by atomic mass is 19.3. The Kier molecular flexibility index (Phi) is 5.73. The maximum atomic E-state index is 14.7. The SMILES string of the molecule is CCN1C(=O)c2nc(-c3ccc(OC(F)F)cc3)n(Cc3ccc(F)cc3F)c2N2CC(C)(C)N=C12. The maximum absolute atomic E-state index is 14.7. The number of anilines is 1. The summed E-state index contributed by atoms with van der Waals surface area (Å²) in [4.78, 5) is 26.2. The van der Waals surface area contributed by atoms with Crippen molar-refractivity contribution in [3.63, 3.8) is 0 Å². The van der Waals surface area contributed by atoms with E-state index in [0.717, 1.165) is 12.1 Å². The average Bonchev–Trinajstić information content (AvgIpc) is 3.33. The molecule has 5 rings (SSSR count). The molecule has 0 atom stereocenters. The number of carbonyl (C=O) groups is 1. The molecule has 188 valence electrons. The van der Waals surface area contributed by atoms with Gasteiger partial charge in [0.1, 0.15) is 29.0 Å². The number of carbonyl (C=O) groups excluding carboxylic acids is 1. The molecule has 2 aliphatic rings. The lowest BCUT2D eigenvalue weighted by molar-refractivity contribution is -0.0498. The molecule has 11 heteroatoms. The number of imidazole rings is 1. The zero-order valence-corrected chi connectivity index (χ0v) is 19.8. The van der Waals surface area contributed by atoms with E-state index in [0.29, 0.717) is 36.3 Å². The number of hydrogen-bond donors (Lipinski definition) is 0. The monoisotopic (exact) mass is 501 g/mol. The molecular formula is C25H23F4N5O2. The Balaban J connectivity index is 1.69. The van der Waals surface area contributed by atoms with Gasteiger partial charge in [0.2, 0.25) is 5.96 Å². The molecule has 1 aromatic heterocycles. The maximum Gasteiger partial charge on any atom is 0.387 e. The number of aromatic nitrogens is 2. The van der Waals surface area contributed by atoms with Crippen LogP contribution in [0.4, 0.5) is 23.4 Å². The van der Waals surface area contributed by atoms with Gasteiger partial charge in [-0.15, -0.1) is 0 Å². The first-order valence-corrected chi connectivity index (χ1v) is 11.4. The molecule has 0 saturated heterocycles. The van der Waals surface area contributed by atoms with Gasteiger partial charge in [0.15, 0.2) is 5.69 Å². The van der Waals surface area contributed by atoms with E-state index >= 15 is 0 Å². The molecular weight excluding hydrogens is 478 g/mol. The molecule has 0 saturated carbocycles. The summed E-state index contributed by atoms with van der Waals surface area (Å²) in [6.07, 6.45) is 0. The van der Waals surface area contributed by atoms with Crippen LogP contribution in [-0.2, 0) is 6.54 Å². The Hall–Kier alpha value is -3.89. The van der Waals surface area contributed by atoms with Crippen molar-refractivity contribution < 1.29 is 27.1 Å². The van der Waals surface area contributed by atoms with E-state index in [9.17, 15) is 22.4 Å². The minimum absolute atomic E-state index is 0.0369. The largest absolute Gasteiger partial charge is 0.435 e. The summed E-state index contributed by atoms with van der Waals surface area (Å²) in [5.74, 6) is -0.584. The van der Waals surface area contributed by atoms with Crippen LogP contribution < -0.4 is 9.64 Å². The number of hydrogen-bond acceptors (Lipinski definition) is 5. The van der Waals surface area contributed by atoms with Crippen molar-refractivity contribution in [1.82, 2.24) is 14.5 Å². The van der Waals surface area contributed by atoms with Gasteiger partial charge in [-0.2, -0.15) is 8.78 Å². The van der Waals surface area contributed by atoms with Crippen molar-refractivity contribution in [3.05, 3.63) is 65.4 Å². The standard InChI is InChI=1S/C25H23F4N5O2/c1-4-32-22(35)19-21(34-13-25(2,3)31-24(32)34)33(12-15-5-8-16(26)11-18(15)27)20(30-19)14-6-9-17(10-7-14)36-23(28)29/h5-11,23H,4,12-13H2,1-3H3. The first-order valence-electron chi connectivity index (χ1n) is 11.4. The third kappa shape index (κ3) is 4.08. The lowest BCUT2D eigenvalue weighted by atomic mass is 10.1. The summed E-state index contributed by atoms with van der Waals surface area (Å²) in [7, 11) is 0. The summed E-state index contributed by atoms with van der Waals surface area (Å²) in [5.41, 5.74) is 0.369. The van der Waals surface area contributed by atoms with Crippen molar-refractivity contribution in [2.45, 2.75) is 39.5 Å². The minimum Gasteiger partial charge on any atom is -0.435 e. The molecule has 2 aliphatic heterocycles. The third-order valence-corrected chi connectivity index (χ3v) is 6.07. The Bertz CT molecular complexity index is 1370. The normalized spacial score (nSPS) is 16.3. The van der Waals surface area contributed by atoms with Gasteiger partial charge in [0.05, 0.1) is 18.6 Å². The highest BCUT2D eigenvalue weighted by Crippen LogP contribution is 2.39. The second kappa shape index (κ2) is 8.65. The minimum atomic E-state index is -2.97. The highest BCUT2D eigenvalue weighted by Gasteiger charge is 2.45. The van der Waals surface area contributed by atoms with E-state index in [4.69, 9.17) is 4.99 Å². The second-order valence-electron chi connectivity index (χ2n) is 9.19. The van der Waals surface area contributed by atoms with E-state index in [1.807, 2.05) is 25.7 Å². The number of nitrogens with zero attached hydrogens (tertiary/aromatic N) is 5. The molecule has 0 radical (unpaired) electrons. The van der Waals surface area contributed by atoms with Gasteiger partial charge < -0.3 is 9.30 Å². The predicted molar refractivity (Wildman–Crippen MR) is 125 cm³/mol. The predicted octanol–water partition coefficient (Wildman–Crippen LogP) is 4.91. The number of rotatable bonds is 6. The summed E-state index contributed by atoms with van der Waals surface area (Å²) < 4.78 is 59.6. The molecule has 3 heterocycles. The summed E-state index contributed by atoms with van der Waals surface area (Å²) in [6, 6.07) is 9.10. The van der Waals surface area contributed by atoms with Crippen LogP contribution in [0, 0.1) is 11.6 Å². The van der Waals surface area contributed by atoms with Crippen LogP contribution >= 0.6 is 0 Å². The molecule has 0 N–H and O–H groups in total. The molecule has 7 nitrogen and oxygen atoms in total. The van der Waals surface area contributed by atoms with Crippen LogP contribution in [0.3, 0.4) is 0 Å². The summed E-state index contributed by atoms with van der Waals surface area (Å²) in [5, 5.41) is 0. The van der Waals surface area contributed by atoms with Gasteiger partial charge in [-0.25, -0.2) is 18.8 Å². The van der Waals surface area contributed by atoms with Crippen LogP contribution in [0.15, 0.2) is 47.5 Å². The lowest BCUT2D eigenvalue weighted by Crippen LogP contribution is -2.51. The third-order valence-electron chi connectivity index (χ3n) is 6.07. The van der Waals surface area contributed by atoms with E-state index in [2.05, 4.69) is 9.72 Å². The molecule has 36 heavy (non-hydrogen) atoms. The summed E-state index contributed by atoms with van der Waals surface area (Å²) in [6.45, 7) is 3.53. The first kappa shape index (κ1) is 23.8. The zero-order valence-electron chi connectivity index (χ0n) is 19.8. The van der Waals surface area contributed by atoms with Crippen molar-refractivity contribution in [2.75, 3.05) is 18.0 Å². The fourth-order valence-corrected chi connectivity index (χ4v) is 4.54. The van der Waals surface area contributed by atoms with Gasteiger partial charge in [-0.05, 0) is 51.1 Å². The topological polar surface area (TPSA) is 63.0 Å². The smallest absolute Gasteiger partial charge is 0.387 e. The molecule has 0 fully saturated rings.